The van der Waals surface area contributed by atoms with Gasteiger partial charge in [-0.2, -0.15) is 0 Å². The molecule has 12 heteroatoms. The molecule has 0 heterocycles. The van der Waals surface area contributed by atoms with Gasteiger partial charge in [0.05, 0.1) is 0 Å². The summed E-state index contributed by atoms with van der Waals surface area (Å²) < 4.78 is 0. The SMILES string of the molecule is NC(CC(=O)[O-])(CC(=O)[O-])C(N)(CC(=O)[O-])CC(=O)[O-].[Eu+3].[Na+]. The number of carbonyl (C=O) groups excluding carboxylic acids is 4. The second-order valence-electron chi connectivity index (χ2n) is 4.51. The van der Waals surface area contributed by atoms with E-state index in [1.807, 2.05) is 0 Å². The molecule has 0 unspecified atom stereocenters. The maximum absolute atomic E-state index is 10.6. The Labute approximate surface area is 188 Å². The molecule has 0 aliphatic rings. The molecule has 0 aliphatic heterocycles. The predicted octanol–water partition coefficient (Wildman–Crippen LogP) is -10.1. The summed E-state index contributed by atoms with van der Waals surface area (Å²) in [4.78, 5) is 42.5. The Kier molecular flexibility index (Phi) is 13.7. The molecule has 0 aromatic rings. The number of aliphatic carboxylic acids is 4. The minimum atomic E-state index is -2.43. The Bertz CT molecular complexity index is 373. The van der Waals surface area contributed by atoms with Gasteiger partial charge in [0.15, 0.2) is 0 Å². The Balaban J connectivity index is -0.00000180. The van der Waals surface area contributed by atoms with Crippen molar-refractivity contribution < 1.29 is 119 Å². The topological polar surface area (TPSA) is 213 Å². The molecule has 0 bridgehead atoms. The van der Waals surface area contributed by atoms with Crippen LogP contribution in [0.2, 0.25) is 0 Å². The number of carbonyl (C=O) groups is 4. The van der Waals surface area contributed by atoms with E-state index >= 15 is 0 Å². The molecule has 0 aliphatic carbocycles. The Morgan fingerprint density at radius 3 is 0.864 bits per heavy atom. The maximum Gasteiger partial charge on any atom is 3.00 e. The Hall–Kier alpha value is 0.384. The molecule has 0 saturated heterocycles. The van der Waals surface area contributed by atoms with Crippen LogP contribution in [-0.2, 0) is 19.2 Å². The van der Waals surface area contributed by atoms with Crippen LogP contribution in [0.5, 0.6) is 0 Å². The molecule has 0 spiro atoms. The van der Waals surface area contributed by atoms with Gasteiger partial charge >= 0.3 is 78.9 Å². The minimum Gasteiger partial charge on any atom is -0.550 e. The minimum absolute atomic E-state index is 0. The summed E-state index contributed by atoms with van der Waals surface area (Å²) in [5, 5.41) is 42.5. The van der Waals surface area contributed by atoms with E-state index in [9.17, 15) is 39.6 Å². The first-order chi connectivity index (χ1) is 8.92. The number of carboxylic acid groups (broad SMARTS) is 4. The van der Waals surface area contributed by atoms with Crippen molar-refractivity contribution in [1.82, 2.24) is 0 Å². The van der Waals surface area contributed by atoms with Gasteiger partial charge in [-0.05, 0) is 0 Å². The number of hydrogen-bond donors (Lipinski definition) is 2. The van der Waals surface area contributed by atoms with E-state index in [4.69, 9.17) is 11.5 Å². The molecule has 0 aromatic heterocycles. The third-order valence-corrected chi connectivity index (χ3v) is 2.83. The smallest absolute Gasteiger partial charge is 0.550 e. The molecular weight excluding hydrogens is 451 g/mol. The van der Waals surface area contributed by atoms with Crippen molar-refractivity contribution in [3.05, 3.63) is 0 Å². The van der Waals surface area contributed by atoms with Crippen LogP contribution in [0.25, 0.3) is 0 Å². The van der Waals surface area contributed by atoms with Gasteiger partial charge in [-0.25, -0.2) is 0 Å². The summed E-state index contributed by atoms with van der Waals surface area (Å²) in [7, 11) is 0. The summed E-state index contributed by atoms with van der Waals surface area (Å²) in [6.45, 7) is 0. The normalized spacial score (nSPS) is 10.8. The fourth-order valence-corrected chi connectivity index (χ4v) is 1.86. The summed E-state index contributed by atoms with van der Waals surface area (Å²) in [6, 6.07) is 0. The van der Waals surface area contributed by atoms with Crippen molar-refractivity contribution >= 4 is 23.9 Å². The van der Waals surface area contributed by atoms with Crippen LogP contribution >= 0.6 is 0 Å². The Morgan fingerprint density at radius 1 is 0.636 bits per heavy atom. The molecule has 0 aromatic carbocycles. The second kappa shape index (κ2) is 11.0. The van der Waals surface area contributed by atoms with Crippen molar-refractivity contribution in [2.75, 3.05) is 0 Å². The maximum atomic E-state index is 10.6. The molecule has 0 amide bonds. The van der Waals surface area contributed by atoms with E-state index in [0.29, 0.717) is 0 Å². The van der Waals surface area contributed by atoms with Gasteiger partial charge in [0.2, 0.25) is 0 Å². The molecule has 0 fully saturated rings. The molecule has 0 rings (SSSR count). The van der Waals surface area contributed by atoms with E-state index in [1.165, 1.54) is 0 Å². The zero-order chi connectivity index (χ0) is 16.1. The molecule has 0 atom stereocenters. The van der Waals surface area contributed by atoms with Crippen LogP contribution in [0.15, 0.2) is 0 Å². The van der Waals surface area contributed by atoms with Crippen LogP contribution in [0, 0.1) is 49.4 Å². The van der Waals surface area contributed by atoms with Gasteiger partial charge in [-0.3, -0.25) is 0 Å². The number of hydrogen-bond acceptors (Lipinski definition) is 10. The van der Waals surface area contributed by atoms with E-state index in [1.54, 1.807) is 0 Å². The van der Waals surface area contributed by atoms with Crippen molar-refractivity contribution in [2.45, 2.75) is 36.8 Å². The zero-order valence-corrected chi connectivity index (χ0v) is 16.1. The average Bonchev–Trinajstić information content (AvgIpc) is 2.10. The fraction of sp³-hybridized carbons (Fsp3) is 0.600. The van der Waals surface area contributed by atoms with Gasteiger partial charge in [-0.15, -0.1) is 0 Å². The van der Waals surface area contributed by atoms with Crippen LogP contribution < -0.4 is 61.5 Å². The number of carboxylic acids is 4. The predicted molar refractivity (Wildman–Crippen MR) is 52.3 cm³/mol. The van der Waals surface area contributed by atoms with Gasteiger partial charge in [0.25, 0.3) is 0 Å². The molecule has 0 saturated carbocycles. The van der Waals surface area contributed by atoms with Gasteiger partial charge in [-0.1, -0.05) is 0 Å². The first-order valence-electron chi connectivity index (χ1n) is 5.29. The third kappa shape index (κ3) is 8.87. The molecule has 10 nitrogen and oxygen atoms in total. The van der Waals surface area contributed by atoms with Crippen molar-refractivity contribution in [1.29, 1.82) is 0 Å². The fourth-order valence-electron chi connectivity index (χ4n) is 1.86. The zero-order valence-electron chi connectivity index (χ0n) is 11.6. The summed E-state index contributed by atoms with van der Waals surface area (Å²) >= 11 is 0. The average molecular weight is 463 g/mol. The third-order valence-electron chi connectivity index (χ3n) is 2.83. The quantitative estimate of drug-likeness (QED) is 0.308. The molecular formula is C10H12EuN2NaO8. The summed E-state index contributed by atoms with van der Waals surface area (Å²) in [5.41, 5.74) is 6.20. The van der Waals surface area contributed by atoms with E-state index in [2.05, 4.69) is 0 Å². The number of rotatable bonds is 9. The van der Waals surface area contributed by atoms with Crippen molar-refractivity contribution in [3.8, 4) is 0 Å². The molecule has 4 N–H and O–H groups in total. The molecule has 118 valence electrons. The van der Waals surface area contributed by atoms with Gasteiger partial charge in [0.1, 0.15) is 0 Å². The van der Waals surface area contributed by atoms with Crippen LogP contribution in [0.1, 0.15) is 25.7 Å². The van der Waals surface area contributed by atoms with Crippen LogP contribution in [0.4, 0.5) is 0 Å². The standard InChI is InChI=1S/C10H16N2O8.Eu.Na/c11-9(1-5(13)14,2-6(15)16)10(12,3-7(17)18)4-8(19)20;;/h1-4,11-12H2,(H,13,14)(H,15,16)(H,17,18)(H,19,20);;/q;+3;+1/p-4. The van der Waals surface area contributed by atoms with Crippen molar-refractivity contribution in [2.24, 2.45) is 11.5 Å². The molecule has 0 radical (unpaired) electrons. The monoisotopic (exact) mass is 464 g/mol. The summed E-state index contributed by atoms with van der Waals surface area (Å²) in [5.74, 6) is -7.33. The second-order valence-corrected chi connectivity index (χ2v) is 4.51. The largest absolute Gasteiger partial charge is 3.00 e. The van der Waals surface area contributed by atoms with Crippen LogP contribution in [-0.4, -0.2) is 35.0 Å². The van der Waals surface area contributed by atoms with Gasteiger partial charge in [0, 0.05) is 60.6 Å². The van der Waals surface area contributed by atoms with Crippen molar-refractivity contribution in [3.63, 3.8) is 0 Å². The van der Waals surface area contributed by atoms with E-state index in [-0.39, 0.29) is 78.9 Å². The van der Waals surface area contributed by atoms with Crippen LogP contribution in [0.3, 0.4) is 0 Å². The first-order valence-corrected chi connectivity index (χ1v) is 5.29. The van der Waals surface area contributed by atoms with E-state index in [0.717, 1.165) is 0 Å². The first kappa shape index (κ1) is 27.2. The van der Waals surface area contributed by atoms with Gasteiger partial charge < -0.3 is 51.1 Å². The summed E-state index contributed by atoms with van der Waals surface area (Å²) in [6.07, 6.45) is -4.73. The number of nitrogens with two attached hydrogens (primary N) is 2. The Morgan fingerprint density at radius 2 is 0.773 bits per heavy atom. The van der Waals surface area contributed by atoms with E-state index < -0.39 is 60.6 Å². The molecule has 22 heavy (non-hydrogen) atoms.